The van der Waals surface area contributed by atoms with Gasteiger partial charge in [0, 0.05) is 12.5 Å². The maximum atomic E-state index is 11.9. The van der Waals surface area contributed by atoms with Crippen LogP contribution in [0.1, 0.15) is 24.8 Å². The van der Waals surface area contributed by atoms with Crippen LogP contribution in [0.5, 0.6) is 0 Å². The summed E-state index contributed by atoms with van der Waals surface area (Å²) in [6.07, 6.45) is 4.09. The molecule has 1 N–H and O–H groups in total. The van der Waals surface area contributed by atoms with Gasteiger partial charge in [0.05, 0.1) is 6.61 Å². The summed E-state index contributed by atoms with van der Waals surface area (Å²) in [4.78, 5) is 11.9. The van der Waals surface area contributed by atoms with Crippen molar-refractivity contribution in [1.29, 1.82) is 0 Å². The summed E-state index contributed by atoms with van der Waals surface area (Å²) in [6.45, 7) is 0.727. The lowest BCUT2D eigenvalue weighted by atomic mass is 10.0. The Hall–Kier alpha value is -1.35. The average Bonchev–Trinajstić information content (AvgIpc) is 3.11. The van der Waals surface area contributed by atoms with Crippen LogP contribution in [-0.2, 0) is 16.0 Å². The molecule has 96 valence electrons. The fourth-order valence-electron chi connectivity index (χ4n) is 2.42. The molecule has 3 heteroatoms. The number of rotatable bonds is 5. The zero-order valence-corrected chi connectivity index (χ0v) is 10.5. The Balaban J connectivity index is 1.59. The molecule has 1 aliphatic carbocycles. The Morgan fingerprint density at radius 2 is 2.00 bits per heavy atom. The molecule has 2 atom stereocenters. The topological polar surface area (TPSA) is 38.3 Å². The van der Waals surface area contributed by atoms with E-state index in [2.05, 4.69) is 29.6 Å². The summed E-state index contributed by atoms with van der Waals surface area (Å²) in [7, 11) is 0. The molecular weight excluding hydrogens is 226 g/mol. The Kier molecular flexibility index (Phi) is 3.33. The van der Waals surface area contributed by atoms with Crippen molar-refractivity contribution in [1.82, 2.24) is 5.32 Å². The summed E-state index contributed by atoms with van der Waals surface area (Å²) in [5.74, 6) is 0.739. The zero-order chi connectivity index (χ0) is 12.4. The van der Waals surface area contributed by atoms with Crippen LogP contribution in [0.2, 0.25) is 0 Å². The standard InChI is InChI=1S/C15H19NO2/c17-15(14-8-9-18-14)16-13(12-6-7-12)10-11-4-2-1-3-5-11/h1-5,12-14H,6-10H2,(H,16,17)/t13-,14+/m1/s1. The second-order valence-corrected chi connectivity index (χ2v) is 5.29. The van der Waals surface area contributed by atoms with E-state index in [9.17, 15) is 4.79 Å². The highest BCUT2D eigenvalue weighted by atomic mass is 16.5. The minimum Gasteiger partial charge on any atom is -0.368 e. The number of carbonyl (C=O) groups excluding carboxylic acids is 1. The molecule has 2 aliphatic rings. The first kappa shape index (κ1) is 11.7. The van der Waals surface area contributed by atoms with E-state index in [1.807, 2.05) is 6.07 Å². The first-order chi connectivity index (χ1) is 8.83. The Labute approximate surface area is 108 Å². The third kappa shape index (κ3) is 2.72. The van der Waals surface area contributed by atoms with Gasteiger partial charge in [-0.1, -0.05) is 30.3 Å². The third-order valence-corrected chi connectivity index (χ3v) is 3.81. The highest BCUT2D eigenvalue weighted by Gasteiger charge is 2.35. The van der Waals surface area contributed by atoms with Crippen molar-refractivity contribution < 1.29 is 9.53 Å². The SMILES string of the molecule is O=C(N[C@H](Cc1ccccc1)C1CC1)[C@@H]1CCO1. The van der Waals surface area contributed by atoms with Gasteiger partial charge in [-0.25, -0.2) is 0 Å². The molecule has 1 aromatic carbocycles. The predicted molar refractivity (Wildman–Crippen MR) is 69.2 cm³/mol. The number of hydrogen-bond acceptors (Lipinski definition) is 2. The molecule has 1 amide bonds. The molecule has 0 unspecified atom stereocenters. The lowest BCUT2D eigenvalue weighted by molar-refractivity contribution is -0.145. The minimum atomic E-state index is -0.193. The quantitative estimate of drug-likeness (QED) is 0.860. The molecule has 1 aliphatic heterocycles. The van der Waals surface area contributed by atoms with Crippen molar-refractivity contribution in [2.24, 2.45) is 5.92 Å². The van der Waals surface area contributed by atoms with E-state index in [1.165, 1.54) is 18.4 Å². The monoisotopic (exact) mass is 245 g/mol. The maximum absolute atomic E-state index is 11.9. The third-order valence-electron chi connectivity index (χ3n) is 3.81. The summed E-state index contributed by atoms with van der Waals surface area (Å²) < 4.78 is 5.23. The first-order valence-electron chi connectivity index (χ1n) is 6.79. The molecule has 0 bridgehead atoms. The van der Waals surface area contributed by atoms with Crippen molar-refractivity contribution in [3.8, 4) is 0 Å². The van der Waals surface area contributed by atoms with Crippen LogP contribution < -0.4 is 5.32 Å². The van der Waals surface area contributed by atoms with Gasteiger partial charge < -0.3 is 10.1 Å². The molecule has 3 rings (SSSR count). The van der Waals surface area contributed by atoms with Gasteiger partial charge in [0.2, 0.25) is 5.91 Å². The molecule has 2 fully saturated rings. The second kappa shape index (κ2) is 5.11. The van der Waals surface area contributed by atoms with E-state index in [0.717, 1.165) is 19.4 Å². The van der Waals surface area contributed by atoms with E-state index >= 15 is 0 Å². The van der Waals surface area contributed by atoms with Crippen LogP contribution in [0, 0.1) is 5.92 Å². The molecular formula is C15H19NO2. The Morgan fingerprint density at radius 3 is 2.56 bits per heavy atom. The Morgan fingerprint density at radius 1 is 1.28 bits per heavy atom. The lowest BCUT2D eigenvalue weighted by Gasteiger charge is -2.28. The van der Waals surface area contributed by atoms with E-state index < -0.39 is 0 Å². The van der Waals surface area contributed by atoms with Crippen LogP contribution in [0.15, 0.2) is 30.3 Å². The number of benzene rings is 1. The van der Waals surface area contributed by atoms with E-state index in [4.69, 9.17) is 4.74 Å². The van der Waals surface area contributed by atoms with Crippen molar-refractivity contribution in [2.45, 2.75) is 37.8 Å². The fraction of sp³-hybridized carbons (Fsp3) is 0.533. The van der Waals surface area contributed by atoms with Crippen molar-refractivity contribution in [2.75, 3.05) is 6.61 Å². The smallest absolute Gasteiger partial charge is 0.249 e. The van der Waals surface area contributed by atoms with Gasteiger partial charge in [0.15, 0.2) is 0 Å². The van der Waals surface area contributed by atoms with Crippen LogP contribution in [0.4, 0.5) is 0 Å². The summed E-state index contributed by atoms with van der Waals surface area (Å²) >= 11 is 0. The molecule has 3 nitrogen and oxygen atoms in total. The van der Waals surface area contributed by atoms with Gasteiger partial charge >= 0.3 is 0 Å². The normalized spacial score (nSPS) is 24.1. The van der Waals surface area contributed by atoms with Gasteiger partial charge in [-0.3, -0.25) is 4.79 Å². The van der Waals surface area contributed by atoms with E-state index in [1.54, 1.807) is 0 Å². The van der Waals surface area contributed by atoms with Crippen molar-refractivity contribution in [3.63, 3.8) is 0 Å². The van der Waals surface area contributed by atoms with E-state index in [-0.39, 0.29) is 18.1 Å². The van der Waals surface area contributed by atoms with Crippen molar-refractivity contribution >= 4 is 5.91 Å². The molecule has 1 saturated heterocycles. The minimum absolute atomic E-state index is 0.0779. The molecule has 18 heavy (non-hydrogen) atoms. The summed E-state index contributed by atoms with van der Waals surface area (Å²) in [6, 6.07) is 10.7. The van der Waals surface area contributed by atoms with Gasteiger partial charge in [-0.15, -0.1) is 0 Å². The Bertz CT molecular complexity index is 410. The maximum Gasteiger partial charge on any atom is 0.249 e. The zero-order valence-electron chi connectivity index (χ0n) is 10.5. The van der Waals surface area contributed by atoms with Crippen LogP contribution >= 0.6 is 0 Å². The van der Waals surface area contributed by atoms with Gasteiger partial charge in [-0.05, 0) is 30.7 Å². The van der Waals surface area contributed by atoms with Crippen molar-refractivity contribution in [3.05, 3.63) is 35.9 Å². The largest absolute Gasteiger partial charge is 0.368 e. The summed E-state index contributed by atoms with van der Waals surface area (Å²) in [5, 5.41) is 3.17. The molecule has 1 aromatic rings. The first-order valence-corrected chi connectivity index (χ1v) is 6.79. The fourth-order valence-corrected chi connectivity index (χ4v) is 2.42. The van der Waals surface area contributed by atoms with E-state index in [0.29, 0.717) is 5.92 Å². The van der Waals surface area contributed by atoms with Gasteiger partial charge in [-0.2, -0.15) is 0 Å². The van der Waals surface area contributed by atoms with Crippen LogP contribution in [0.25, 0.3) is 0 Å². The predicted octanol–water partition coefficient (Wildman–Crippen LogP) is 1.91. The highest BCUT2D eigenvalue weighted by molar-refractivity contribution is 5.81. The number of nitrogens with one attached hydrogen (secondary N) is 1. The highest BCUT2D eigenvalue weighted by Crippen LogP contribution is 2.34. The summed E-state index contributed by atoms with van der Waals surface area (Å²) in [5.41, 5.74) is 1.30. The molecule has 1 heterocycles. The second-order valence-electron chi connectivity index (χ2n) is 5.29. The number of hydrogen-bond donors (Lipinski definition) is 1. The van der Waals surface area contributed by atoms with Gasteiger partial charge in [0.1, 0.15) is 6.10 Å². The lowest BCUT2D eigenvalue weighted by Crippen LogP contribution is -2.48. The van der Waals surface area contributed by atoms with Crippen LogP contribution in [-0.4, -0.2) is 24.7 Å². The molecule has 0 aromatic heterocycles. The molecule has 0 radical (unpaired) electrons. The number of ether oxygens (including phenoxy) is 1. The van der Waals surface area contributed by atoms with Crippen LogP contribution in [0.3, 0.4) is 0 Å². The number of carbonyl (C=O) groups is 1. The van der Waals surface area contributed by atoms with Gasteiger partial charge in [0.25, 0.3) is 0 Å². The molecule has 0 spiro atoms. The molecule has 1 saturated carbocycles. The average molecular weight is 245 g/mol. The number of amides is 1.